The zero-order valence-corrected chi connectivity index (χ0v) is 13.9. The minimum absolute atomic E-state index is 0.444. The van der Waals surface area contributed by atoms with Crippen LogP contribution in [-0.2, 0) is 0 Å². The Morgan fingerprint density at radius 2 is 2.00 bits per heavy atom. The molecule has 0 radical (unpaired) electrons. The van der Waals surface area contributed by atoms with Crippen molar-refractivity contribution in [3.8, 4) is 0 Å². The van der Waals surface area contributed by atoms with Crippen molar-refractivity contribution in [2.24, 2.45) is 11.1 Å². The molecule has 2 nitrogen and oxygen atoms in total. The van der Waals surface area contributed by atoms with E-state index in [4.69, 9.17) is 18.0 Å². The highest BCUT2D eigenvalue weighted by Crippen LogP contribution is 2.36. The molecule has 0 amide bonds. The normalized spacial score (nSPS) is 19.1. The average Bonchev–Trinajstić information content (AvgIpc) is 2.33. The minimum Gasteiger partial charge on any atom is -0.389 e. The molecule has 0 aliphatic heterocycles. The molecular formula is C15H21BrN2S. The van der Waals surface area contributed by atoms with E-state index in [9.17, 15) is 0 Å². The Morgan fingerprint density at radius 1 is 1.37 bits per heavy atom. The van der Waals surface area contributed by atoms with Gasteiger partial charge < -0.3 is 11.1 Å². The summed E-state index contributed by atoms with van der Waals surface area (Å²) in [5, 5.41) is 3.61. The number of nitrogens with one attached hydrogen (secondary N) is 1. The number of anilines is 1. The van der Waals surface area contributed by atoms with Gasteiger partial charge in [0.05, 0.1) is 0 Å². The molecule has 1 fully saturated rings. The van der Waals surface area contributed by atoms with E-state index in [1.54, 1.807) is 0 Å². The summed E-state index contributed by atoms with van der Waals surface area (Å²) in [5.74, 6) is 0. The predicted octanol–water partition coefficient (Wildman–Crippen LogP) is 4.46. The molecule has 2 rings (SSSR count). The lowest BCUT2D eigenvalue weighted by atomic mass is 9.75. The Morgan fingerprint density at radius 3 is 2.58 bits per heavy atom. The molecule has 3 N–H and O–H groups in total. The Labute approximate surface area is 129 Å². The Kier molecular flexibility index (Phi) is 4.51. The van der Waals surface area contributed by atoms with Crippen molar-refractivity contribution >= 4 is 38.8 Å². The molecule has 0 saturated heterocycles. The Bertz CT molecular complexity index is 475. The summed E-state index contributed by atoms with van der Waals surface area (Å²) >= 11 is 8.59. The van der Waals surface area contributed by atoms with Gasteiger partial charge in [-0.05, 0) is 49.3 Å². The van der Waals surface area contributed by atoms with Gasteiger partial charge >= 0.3 is 0 Å². The van der Waals surface area contributed by atoms with E-state index in [1.165, 1.54) is 25.7 Å². The molecule has 19 heavy (non-hydrogen) atoms. The summed E-state index contributed by atoms with van der Waals surface area (Å²) in [6, 6.07) is 6.59. The minimum atomic E-state index is 0.444. The maximum Gasteiger partial charge on any atom is 0.106 e. The van der Waals surface area contributed by atoms with Gasteiger partial charge in [-0.15, -0.1) is 0 Å². The van der Waals surface area contributed by atoms with Crippen LogP contribution >= 0.6 is 28.1 Å². The molecule has 1 saturated carbocycles. The summed E-state index contributed by atoms with van der Waals surface area (Å²) in [6.07, 6.45) is 4.95. The van der Waals surface area contributed by atoms with Crippen molar-refractivity contribution < 1.29 is 0 Å². The second-order valence-electron chi connectivity index (χ2n) is 6.14. The van der Waals surface area contributed by atoms with E-state index < -0.39 is 0 Å². The highest BCUT2D eigenvalue weighted by molar-refractivity contribution is 9.10. The molecular weight excluding hydrogens is 320 g/mol. The Hall–Kier alpha value is -0.610. The summed E-state index contributed by atoms with van der Waals surface area (Å²) in [5.41, 5.74) is 8.27. The van der Waals surface area contributed by atoms with Crippen molar-refractivity contribution in [3.05, 3.63) is 28.2 Å². The SMILES string of the molecule is CC1(C)CCC(Nc2ccc(Br)cc2C(N)=S)CC1. The highest BCUT2D eigenvalue weighted by atomic mass is 79.9. The van der Waals surface area contributed by atoms with Crippen LogP contribution in [0.25, 0.3) is 0 Å². The molecule has 0 atom stereocenters. The van der Waals surface area contributed by atoms with Gasteiger partial charge in [-0.25, -0.2) is 0 Å². The van der Waals surface area contributed by atoms with Crippen LogP contribution in [-0.4, -0.2) is 11.0 Å². The summed E-state index contributed by atoms with van der Waals surface area (Å²) in [6.45, 7) is 4.70. The van der Waals surface area contributed by atoms with Crippen molar-refractivity contribution in [1.29, 1.82) is 0 Å². The number of rotatable bonds is 3. The lowest BCUT2D eigenvalue weighted by Gasteiger charge is -2.35. The van der Waals surface area contributed by atoms with Gasteiger partial charge in [-0.1, -0.05) is 42.0 Å². The molecule has 0 unspecified atom stereocenters. The predicted molar refractivity (Wildman–Crippen MR) is 89.7 cm³/mol. The summed E-state index contributed by atoms with van der Waals surface area (Å²) in [4.78, 5) is 0.444. The van der Waals surface area contributed by atoms with Crippen LogP contribution in [0.1, 0.15) is 45.1 Å². The first-order valence-corrected chi connectivity index (χ1v) is 7.93. The largest absolute Gasteiger partial charge is 0.389 e. The molecule has 0 bridgehead atoms. The number of thiocarbonyl (C=S) groups is 1. The fourth-order valence-corrected chi connectivity index (χ4v) is 3.14. The fourth-order valence-electron chi connectivity index (χ4n) is 2.61. The van der Waals surface area contributed by atoms with E-state index in [1.807, 2.05) is 12.1 Å². The van der Waals surface area contributed by atoms with E-state index >= 15 is 0 Å². The van der Waals surface area contributed by atoms with Crippen LogP contribution in [0, 0.1) is 5.41 Å². The molecule has 104 valence electrons. The molecule has 0 heterocycles. The second-order valence-corrected chi connectivity index (χ2v) is 7.49. The monoisotopic (exact) mass is 340 g/mol. The maximum atomic E-state index is 5.80. The molecule has 1 aromatic carbocycles. The summed E-state index contributed by atoms with van der Waals surface area (Å²) < 4.78 is 1.01. The van der Waals surface area contributed by atoms with E-state index in [2.05, 4.69) is 41.2 Å². The Balaban J connectivity index is 2.10. The number of benzene rings is 1. The number of halogens is 1. The van der Waals surface area contributed by atoms with Crippen molar-refractivity contribution in [3.63, 3.8) is 0 Å². The van der Waals surface area contributed by atoms with Crippen LogP contribution in [0.5, 0.6) is 0 Å². The third kappa shape index (κ3) is 3.93. The van der Waals surface area contributed by atoms with Gasteiger partial charge in [0.1, 0.15) is 4.99 Å². The second kappa shape index (κ2) is 5.80. The van der Waals surface area contributed by atoms with Gasteiger partial charge in [0, 0.05) is 21.8 Å². The summed E-state index contributed by atoms with van der Waals surface area (Å²) in [7, 11) is 0. The zero-order valence-electron chi connectivity index (χ0n) is 11.5. The van der Waals surface area contributed by atoms with Gasteiger partial charge in [-0.3, -0.25) is 0 Å². The third-order valence-corrected chi connectivity index (χ3v) is 4.66. The van der Waals surface area contributed by atoms with E-state index in [-0.39, 0.29) is 0 Å². The first-order chi connectivity index (χ1) is 8.87. The first kappa shape index (κ1) is 14.8. The van der Waals surface area contributed by atoms with Gasteiger partial charge in [-0.2, -0.15) is 0 Å². The highest BCUT2D eigenvalue weighted by Gasteiger charge is 2.27. The fraction of sp³-hybridized carbons (Fsp3) is 0.533. The van der Waals surface area contributed by atoms with Crippen molar-refractivity contribution in [1.82, 2.24) is 0 Å². The van der Waals surface area contributed by atoms with Crippen molar-refractivity contribution in [2.45, 2.75) is 45.6 Å². The van der Waals surface area contributed by atoms with E-state index in [0.717, 1.165) is 15.7 Å². The van der Waals surface area contributed by atoms with Crippen LogP contribution < -0.4 is 11.1 Å². The lowest BCUT2D eigenvalue weighted by Crippen LogP contribution is -2.30. The molecule has 0 spiro atoms. The van der Waals surface area contributed by atoms with Crippen LogP contribution in [0.2, 0.25) is 0 Å². The van der Waals surface area contributed by atoms with Gasteiger partial charge in [0.2, 0.25) is 0 Å². The lowest BCUT2D eigenvalue weighted by molar-refractivity contribution is 0.232. The number of nitrogens with two attached hydrogens (primary N) is 1. The van der Waals surface area contributed by atoms with E-state index in [0.29, 0.717) is 16.4 Å². The molecule has 0 aromatic heterocycles. The topological polar surface area (TPSA) is 38.0 Å². The van der Waals surface area contributed by atoms with Gasteiger partial charge in [0.15, 0.2) is 0 Å². The zero-order chi connectivity index (χ0) is 14.0. The van der Waals surface area contributed by atoms with Crippen molar-refractivity contribution in [2.75, 3.05) is 5.32 Å². The molecule has 1 aliphatic rings. The number of hydrogen-bond acceptors (Lipinski definition) is 2. The smallest absolute Gasteiger partial charge is 0.106 e. The maximum absolute atomic E-state index is 5.80. The van der Waals surface area contributed by atoms with Crippen LogP contribution in [0.3, 0.4) is 0 Å². The standard InChI is InChI=1S/C15H21BrN2S/c1-15(2)7-5-11(6-8-15)18-13-4-3-10(16)9-12(13)14(17)19/h3-4,9,11,18H,5-8H2,1-2H3,(H2,17,19). The third-order valence-electron chi connectivity index (χ3n) is 3.95. The quantitative estimate of drug-likeness (QED) is 0.797. The van der Waals surface area contributed by atoms with Crippen LogP contribution in [0.4, 0.5) is 5.69 Å². The van der Waals surface area contributed by atoms with Crippen LogP contribution in [0.15, 0.2) is 22.7 Å². The average molecular weight is 341 g/mol. The molecule has 4 heteroatoms. The first-order valence-electron chi connectivity index (χ1n) is 6.73. The molecule has 1 aliphatic carbocycles. The molecule has 1 aromatic rings. The van der Waals surface area contributed by atoms with Gasteiger partial charge in [0.25, 0.3) is 0 Å². The number of hydrogen-bond donors (Lipinski definition) is 2.